The molecule has 5 atom stereocenters. The number of carbonyl (C=O) groups is 2. The Labute approximate surface area is 151 Å². The molecule has 3 aliphatic rings. The first-order valence-corrected chi connectivity index (χ1v) is 9.64. The van der Waals surface area contributed by atoms with Crippen LogP contribution in [0, 0.1) is 29.1 Å². The van der Waals surface area contributed by atoms with E-state index in [1.165, 1.54) is 11.1 Å². The number of ketones is 1. The molecule has 3 heteroatoms. The van der Waals surface area contributed by atoms with E-state index in [9.17, 15) is 9.59 Å². The van der Waals surface area contributed by atoms with Crippen molar-refractivity contribution in [1.82, 2.24) is 5.32 Å². The van der Waals surface area contributed by atoms with Gasteiger partial charge in [-0.2, -0.15) is 0 Å². The van der Waals surface area contributed by atoms with Crippen molar-refractivity contribution >= 4 is 11.7 Å². The fraction of sp³-hybridized carbons (Fsp3) is 0.636. The van der Waals surface area contributed by atoms with E-state index in [4.69, 9.17) is 0 Å². The molecular formula is C22H31NO2. The lowest BCUT2D eigenvalue weighted by atomic mass is 9.54. The smallest absolute Gasteiger partial charge is 0.235 e. The summed E-state index contributed by atoms with van der Waals surface area (Å²) in [6.07, 6.45) is 10.5. The third kappa shape index (κ3) is 2.82. The molecule has 2 aliphatic carbocycles. The maximum atomic E-state index is 13.4. The quantitative estimate of drug-likeness (QED) is 0.604. The van der Waals surface area contributed by atoms with Crippen molar-refractivity contribution in [2.45, 2.75) is 59.9 Å². The highest BCUT2D eigenvalue weighted by molar-refractivity contribution is 6.13. The Morgan fingerprint density at radius 3 is 2.68 bits per heavy atom. The van der Waals surface area contributed by atoms with Crippen LogP contribution < -0.4 is 5.32 Å². The normalized spacial score (nSPS) is 41.5. The first-order valence-electron chi connectivity index (χ1n) is 9.64. The molecule has 1 saturated heterocycles. The standard InChI is InChI=1S/C22H31NO2/c1-13(2)10-18-20-16(5)15(4)12-17-11-14(3)8-6-7-9-19(24)22(17,20)21(25)23-18/h7-9,12-13,16-18,20H,6,10-11H2,1-5H3,(H,23,25)/b9-7-,14-8-/t16-,17+,18+,20+,22-/m1/s1. The molecule has 1 heterocycles. The molecule has 136 valence electrons. The van der Waals surface area contributed by atoms with Crippen molar-refractivity contribution in [3.05, 3.63) is 35.5 Å². The molecule has 0 unspecified atom stereocenters. The van der Waals surface area contributed by atoms with E-state index < -0.39 is 5.41 Å². The van der Waals surface area contributed by atoms with Gasteiger partial charge in [-0.25, -0.2) is 0 Å². The minimum atomic E-state index is -0.936. The van der Waals surface area contributed by atoms with Crippen LogP contribution in [-0.2, 0) is 9.59 Å². The van der Waals surface area contributed by atoms with Crippen LogP contribution in [0.5, 0.6) is 0 Å². The molecule has 3 nitrogen and oxygen atoms in total. The van der Waals surface area contributed by atoms with Crippen molar-refractivity contribution in [1.29, 1.82) is 0 Å². The van der Waals surface area contributed by atoms with E-state index in [1.807, 2.05) is 6.08 Å². The van der Waals surface area contributed by atoms with Gasteiger partial charge in [0.25, 0.3) is 0 Å². The zero-order valence-electron chi connectivity index (χ0n) is 16.1. The predicted molar refractivity (Wildman–Crippen MR) is 101 cm³/mol. The van der Waals surface area contributed by atoms with E-state index in [2.05, 4.69) is 52.1 Å². The molecule has 3 rings (SSSR count). The van der Waals surface area contributed by atoms with Crippen LogP contribution in [0.4, 0.5) is 0 Å². The molecule has 0 aromatic rings. The highest BCUT2D eigenvalue weighted by atomic mass is 16.2. The number of nitrogens with one attached hydrogen (secondary N) is 1. The first-order chi connectivity index (χ1) is 11.8. The van der Waals surface area contributed by atoms with Gasteiger partial charge in [0.1, 0.15) is 5.41 Å². The van der Waals surface area contributed by atoms with Gasteiger partial charge in [-0.15, -0.1) is 0 Å². The van der Waals surface area contributed by atoms with Crippen LogP contribution in [0.3, 0.4) is 0 Å². The predicted octanol–water partition coefficient (Wildman–Crippen LogP) is 4.21. The van der Waals surface area contributed by atoms with E-state index in [1.54, 1.807) is 6.08 Å². The number of allylic oxidation sites excluding steroid dienone is 6. The van der Waals surface area contributed by atoms with Gasteiger partial charge >= 0.3 is 0 Å². The van der Waals surface area contributed by atoms with Crippen LogP contribution in [0.1, 0.15) is 53.9 Å². The number of amides is 1. The highest BCUT2D eigenvalue weighted by Gasteiger charge is 2.65. The Morgan fingerprint density at radius 2 is 2.00 bits per heavy atom. The van der Waals surface area contributed by atoms with Crippen molar-refractivity contribution in [2.75, 3.05) is 0 Å². The van der Waals surface area contributed by atoms with Crippen molar-refractivity contribution < 1.29 is 9.59 Å². The van der Waals surface area contributed by atoms with Crippen LogP contribution in [0.25, 0.3) is 0 Å². The summed E-state index contributed by atoms with van der Waals surface area (Å²) in [7, 11) is 0. The summed E-state index contributed by atoms with van der Waals surface area (Å²) in [5.74, 6) is 0.679. The minimum absolute atomic E-state index is 0.00459. The van der Waals surface area contributed by atoms with Crippen molar-refractivity contribution in [3.63, 3.8) is 0 Å². The Morgan fingerprint density at radius 1 is 1.28 bits per heavy atom. The molecule has 0 aromatic carbocycles. The Balaban J connectivity index is 2.18. The molecule has 1 N–H and O–H groups in total. The molecule has 0 saturated carbocycles. The van der Waals surface area contributed by atoms with Gasteiger partial charge in [0.15, 0.2) is 5.78 Å². The van der Waals surface area contributed by atoms with Crippen molar-refractivity contribution in [2.24, 2.45) is 29.1 Å². The van der Waals surface area contributed by atoms with Gasteiger partial charge in [0.2, 0.25) is 5.91 Å². The largest absolute Gasteiger partial charge is 0.352 e. The second kappa shape index (κ2) is 6.59. The highest BCUT2D eigenvalue weighted by Crippen LogP contribution is 2.55. The average molecular weight is 341 g/mol. The molecule has 25 heavy (non-hydrogen) atoms. The van der Waals surface area contributed by atoms with E-state index in [-0.39, 0.29) is 35.5 Å². The van der Waals surface area contributed by atoms with Gasteiger partial charge < -0.3 is 5.32 Å². The zero-order valence-corrected chi connectivity index (χ0v) is 16.1. The SMILES string of the molecule is CC1=C[C@@H]2C/C(C)=C\C/C=C\C(=O)[C@]23C(=O)N[C@@H](CC(C)C)[C@@H]3[C@@H]1C. The average Bonchev–Trinajstić information content (AvgIpc) is 2.83. The summed E-state index contributed by atoms with van der Waals surface area (Å²) in [4.78, 5) is 26.6. The topological polar surface area (TPSA) is 46.2 Å². The second-order valence-corrected chi connectivity index (χ2v) is 8.67. The van der Waals surface area contributed by atoms with Gasteiger partial charge in [0.05, 0.1) is 0 Å². The fourth-order valence-corrected chi connectivity index (χ4v) is 5.29. The second-order valence-electron chi connectivity index (χ2n) is 8.67. The first kappa shape index (κ1) is 18.2. The van der Waals surface area contributed by atoms with E-state index >= 15 is 0 Å². The molecule has 0 bridgehead atoms. The Kier molecular flexibility index (Phi) is 4.78. The zero-order chi connectivity index (χ0) is 18.4. The molecule has 1 amide bonds. The number of hydrogen-bond acceptors (Lipinski definition) is 2. The number of hydrogen-bond donors (Lipinski definition) is 1. The summed E-state index contributed by atoms with van der Waals surface area (Å²) in [5.41, 5.74) is 1.65. The monoisotopic (exact) mass is 341 g/mol. The van der Waals surface area contributed by atoms with E-state index in [0.717, 1.165) is 19.3 Å². The molecule has 0 aromatic heterocycles. The minimum Gasteiger partial charge on any atom is -0.352 e. The third-order valence-corrected chi connectivity index (χ3v) is 6.50. The Bertz CT molecular complexity index is 670. The summed E-state index contributed by atoms with van der Waals surface area (Å²) in [6.45, 7) is 10.8. The third-order valence-electron chi connectivity index (χ3n) is 6.50. The Hall–Kier alpha value is -1.64. The summed E-state index contributed by atoms with van der Waals surface area (Å²) in [6, 6.07) is 0.0797. The maximum Gasteiger partial charge on any atom is 0.235 e. The fourth-order valence-electron chi connectivity index (χ4n) is 5.29. The van der Waals surface area contributed by atoms with E-state index in [0.29, 0.717) is 5.92 Å². The molecule has 1 aliphatic heterocycles. The van der Waals surface area contributed by atoms with Crippen LogP contribution in [0.15, 0.2) is 35.5 Å². The molecule has 1 spiro atoms. The van der Waals surface area contributed by atoms with Crippen LogP contribution in [0.2, 0.25) is 0 Å². The van der Waals surface area contributed by atoms with Gasteiger partial charge in [-0.05, 0) is 51.0 Å². The summed E-state index contributed by atoms with van der Waals surface area (Å²) < 4.78 is 0. The molecule has 0 radical (unpaired) electrons. The molecular weight excluding hydrogens is 310 g/mol. The number of carbonyl (C=O) groups excluding carboxylic acids is 2. The molecule has 1 fully saturated rings. The van der Waals surface area contributed by atoms with Crippen LogP contribution >= 0.6 is 0 Å². The maximum absolute atomic E-state index is 13.4. The van der Waals surface area contributed by atoms with Gasteiger partial charge in [-0.3, -0.25) is 9.59 Å². The van der Waals surface area contributed by atoms with Crippen molar-refractivity contribution in [3.8, 4) is 0 Å². The summed E-state index contributed by atoms with van der Waals surface area (Å²) >= 11 is 0. The summed E-state index contributed by atoms with van der Waals surface area (Å²) in [5, 5.41) is 3.24. The van der Waals surface area contributed by atoms with Gasteiger partial charge in [-0.1, -0.05) is 50.1 Å². The lowest BCUT2D eigenvalue weighted by Gasteiger charge is -2.45. The van der Waals surface area contributed by atoms with Crippen LogP contribution in [-0.4, -0.2) is 17.7 Å². The van der Waals surface area contributed by atoms with Gasteiger partial charge in [0, 0.05) is 17.9 Å². The number of rotatable bonds is 2. The lowest BCUT2D eigenvalue weighted by molar-refractivity contribution is -0.143. The lowest BCUT2D eigenvalue weighted by Crippen LogP contribution is -2.52.